The summed E-state index contributed by atoms with van der Waals surface area (Å²) < 4.78 is 16.0. The highest BCUT2D eigenvalue weighted by molar-refractivity contribution is 6.10. The lowest BCUT2D eigenvalue weighted by Gasteiger charge is -2.21. The Morgan fingerprint density at radius 3 is 2.15 bits per heavy atom. The molecule has 0 saturated carbocycles. The normalized spacial score (nSPS) is 10.3. The van der Waals surface area contributed by atoms with Gasteiger partial charge in [-0.1, -0.05) is 18.2 Å². The van der Waals surface area contributed by atoms with Crippen LogP contribution < -0.4 is 19.1 Å². The molecule has 0 aliphatic carbocycles. The van der Waals surface area contributed by atoms with E-state index in [-0.39, 0.29) is 5.91 Å². The average Bonchev–Trinajstić information content (AvgIpc) is 3.21. The van der Waals surface area contributed by atoms with Crippen molar-refractivity contribution in [2.24, 2.45) is 0 Å². The van der Waals surface area contributed by atoms with Gasteiger partial charge in [0.25, 0.3) is 5.91 Å². The van der Waals surface area contributed by atoms with Crippen molar-refractivity contribution in [3.63, 3.8) is 0 Å². The fourth-order valence-electron chi connectivity index (χ4n) is 2.63. The Morgan fingerprint density at radius 1 is 1.00 bits per heavy atom. The van der Waals surface area contributed by atoms with E-state index in [2.05, 4.69) is 9.97 Å². The molecular formula is C19H19N3O4. The van der Waals surface area contributed by atoms with Gasteiger partial charge in [0.2, 0.25) is 11.7 Å². The lowest BCUT2D eigenvalue weighted by atomic mass is 10.1. The van der Waals surface area contributed by atoms with E-state index in [1.807, 2.05) is 30.3 Å². The van der Waals surface area contributed by atoms with Crippen molar-refractivity contribution in [3.05, 3.63) is 60.4 Å². The minimum Gasteiger partial charge on any atom is -0.493 e. The third-order valence-corrected chi connectivity index (χ3v) is 3.82. The number of carbonyl (C=O) groups excluding carboxylic acids is 1. The van der Waals surface area contributed by atoms with Gasteiger partial charge in [-0.2, -0.15) is 0 Å². The van der Waals surface area contributed by atoms with Crippen LogP contribution in [0.1, 0.15) is 10.4 Å². The van der Waals surface area contributed by atoms with E-state index >= 15 is 0 Å². The zero-order valence-electron chi connectivity index (χ0n) is 14.7. The van der Waals surface area contributed by atoms with Crippen LogP contribution in [0.25, 0.3) is 0 Å². The van der Waals surface area contributed by atoms with Crippen LogP contribution in [-0.4, -0.2) is 37.2 Å². The van der Waals surface area contributed by atoms with E-state index in [1.165, 1.54) is 26.2 Å². The Kier molecular flexibility index (Phi) is 5.07. The number of imidazole rings is 1. The molecule has 3 aromatic rings. The molecule has 1 heterocycles. The second-order valence-electron chi connectivity index (χ2n) is 5.30. The number of H-pyrrole nitrogens is 1. The van der Waals surface area contributed by atoms with Crippen LogP contribution in [0.2, 0.25) is 0 Å². The third kappa shape index (κ3) is 3.19. The summed E-state index contributed by atoms with van der Waals surface area (Å²) in [7, 11) is 4.53. The number of nitrogens with zero attached hydrogens (tertiary/aromatic N) is 2. The predicted octanol–water partition coefficient (Wildman–Crippen LogP) is 3.41. The van der Waals surface area contributed by atoms with Gasteiger partial charge in [-0.3, -0.25) is 4.79 Å². The average molecular weight is 353 g/mol. The summed E-state index contributed by atoms with van der Waals surface area (Å²) in [6, 6.07) is 12.5. The molecular weight excluding hydrogens is 334 g/mol. The molecule has 0 fully saturated rings. The molecule has 1 aromatic heterocycles. The highest BCUT2D eigenvalue weighted by Gasteiger charge is 2.24. The van der Waals surface area contributed by atoms with E-state index in [4.69, 9.17) is 14.2 Å². The first-order valence-corrected chi connectivity index (χ1v) is 7.88. The molecule has 0 atom stereocenters. The van der Waals surface area contributed by atoms with Crippen LogP contribution in [0.3, 0.4) is 0 Å². The SMILES string of the molecule is COc1cc(C(=O)N(c2ccccc2)c2ncc[nH]2)cc(OC)c1OC. The van der Waals surface area contributed by atoms with Gasteiger partial charge in [0.15, 0.2) is 11.5 Å². The Bertz CT molecular complexity index is 854. The summed E-state index contributed by atoms with van der Waals surface area (Å²) in [5.41, 5.74) is 1.06. The molecule has 7 nitrogen and oxygen atoms in total. The number of aromatic amines is 1. The first kappa shape index (κ1) is 17.3. The molecule has 2 aromatic carbocycles. The number of hydrogen-bond acceptors (Lipinski definition) is 5. The maximum Gasteiger partial charge on any atom is 0.265 e. The topological polar surface area (TPSA) is 76.7 Å². The number of methoxy groups -OCH3 is 3. The third-order valence-electron chi connectivity index (χ3n) is 3.82. The molecule has 0 aliphatic rings. The van der Waals surface area contributed by atoms with Crippen molar-refractivity contribution in [3.8, 4) is 17.2 Å². The van der Waals surface area contributed by atoms with Crippen molar-refractivity contribution in [1.82, 2.24) is 9.97 Å². The number of hydrogen-bond donors (Lipinski definition) is 1. The number of aromatic nitrogens is 2. The number of ether oxygens (including phenoxy) is 3. The molecule has 0 bridgehead atoms. The van der Waals surface area contributed by atoms with Gasteiger partial charge in [-0.05, 0) is 24.3 Å². The first-order chi connectivity index (χ1) is 12.7. The largest absolute Gasteiger partial charge is 0.493 e. The maximum atomic E-state index is 13.3. The Labute approximate surface area is 151 Å². The summed E-state index contributed by atoms with van der Waals surface area (Å²) in [5, 5.41) is 0. The molecule has 0 radical (unpaired) electrons. The molecule has 3 rings (SSSR count). The summed E-state index contributed by atoms with van der Waals surface area (Å²) in [6.45, 7) is 0. The Morgan fingerprint density at radius 2 is 1.65 bits per heavy atom. The van der Waals surface area contributed by atoms with Crippen LogP contribution in [0.5, 0.6) is 17.2 Å². The molecule has 134 valence electrons. The number of carbonyl (C=O) groups is 1. The number of anilines is 2. The first-order valence-electron chi connectivity index (χ1n) is 7.88. The lowest BCUT2D eigenvalue weighted by Crippen LogP contribution is -2.27. The minimum absolute atomic E-state index is 0.287. The number of nitrogens with one attached hydrogen (secondary N) is 1. The quantitative estimate of drug-likeness (QED) is 0.735. The van der Waals surface area contributed by atoms with Crippen molar-refractivity contribution in [2.45, 2.75) is 0 Å². The Balaban J connectivity index is 2.11. The number of para-hydroxylation sites is 1. The molecule has 0 spiro atoms. The summed E-state index contributed by atoms with van der Waals surface area (Å²) in [6.07, 6.45) is 3.25. The predicted molar refractivity (Wildman–Crippen MR) is 97.6 cm³/mol. The standard InChI is InChI=1S/C19H19N3O4/c1-24-15-11-13(12-16(25-2)17(15)26-3)18(23)22(19-20-9-10-21-19)14-7-5-4-6-8-14/h4-12H,1-3H3,(H,20,21). The maximum absolute atomic E-state index is 13.3. The van der Waals surface area contributed by atoms with Gasteiger partial charge in [-0.25, -0.2) is 9.88 Å². The van der Waals surface area contributed by atoms with Gasteiger partial charge in [0, 0.05) is 18.0 Å². The van der Waals surface area contributed by atoms with E-state index in [0.29, 0.717) is 34.4 Å². The smallest absolute Gasteiger partial charge is 0.265 e. The van der Waals surface area contributed by atoms with E-state index in [9.17, 15) is 4.79 Å². The van der Waals surface area contributed by atoms with Crippen molar-refractivity contribution in [1.29, 1.82) is 0 Å². The van der Waals surface area contributed by atoms with Gasteiger partial charge < -0.3 is 19.2 Å². The molecule has 0 saturated heterocycles. The van der Waals surface area contributed by atoms with Gasteiger partial charge in [-0.15, -0.1) is 0 Å². The van der Waals surface area contributed by atoms with Crippen molar-refractivity contribution < 1.29 is 19.0 Å². The Hall–Kier alpha value is -3.48. The van der Waals surface area contributed by atoms with Crippen LogP contribution >= 0.6 is 0 Å². The van der Waals surface area contributed by atoms with Gasteiger partial charge >= 0.3 is 0 Å². The highest BCUT2D eigenvalue weighted by atomic mass is 16.5. The van der Waals surface area contributed by atoms with E-state index in [0.717, 1.165) is 0 Å². The summed E-state index contributed by atoms with van der Waals surface area (Å²) >= 11 is 0. The van der Waals surface area contributed by atoms with Crippen molar-refractivity contribution in [2.75, 3.05) is 26.2 Å². The van der Waals surface area contributed by atoms with Crippen LogP contribution in [0.4, 0.5) is 11.6 Å². The fourth-order valence-corrected chi connectivity index (χ4v) is 2.63. The molecule has 7 heteroatoms. The zero-order valence-corrected chi connectivity index (χ0v) is 14.7. The molecule has 0 unspecified atom stereocenters. The lowest BCUT2D eigenvalue weighted by molar-refractivity contribution is 0.0997. The highest BCUT2D eigenvalue weighted by Crippen LogP contribution is 2.39. The fraction of sp³-hybridized carbons (Fsp3) is 0.158. The van der Waals surface area contributed by atoms with Gasteiger partial charge in [0.05, 0.1) is 27.0 Å². The van der Waals surface area contributed by atoms with Crippen LogP contribution in [-0.2, 0) is 0 Å². The summed E-state index contributed by atoms with van der Waals surface area (Å²) in [5.74, 6) is 1.36. The van der Waals surface area contributed by atoms with E-state index in [1.54, 1.807) is 24.5 Å². The monoisotopic (exact) mass is 353 g/mol. The van der Waals surface area contributed by atoms with Crippen molar-refractivity contribution >= 4 is 17.5 Å². The molecule has 1 N–H and O–H groups in total. The van der Waals surface area contributed by atoms with Crippen LogP contribution in [0, 0.1) is 0 Å². The molecule has 1 amide bonds. The molecule has 0 aliphatic heterocycles. The second-order valence-corrected chi connectivity index (χ2v) is 5.30. The summed E-state index contributed by atoms with van der Waals surface area (Å²) in [4.78, 5) is 22.0. The molecule has 26 heavy (non-hydrogen) atoms. The van der Waals surface area contributed by atoms with E-state index < -0.39 is 0 Å². The van der Waals surface area contributed by atoms with Crippen LogP contribution in [0.15, 0.2) is 54.9 Å². The van der Waals surface area contributed by atoms with Gasteiger partial charge in [0.1, 0.15) is 0 Å². The number of benzene rings is 2. The number of rotatable bonds is 6. The second kappa shape index (κ2) is 7.60. The number of amides is 1. The minimum atomic E-state index is -0.287. The zero-order chi connectivity index (χ0) is 18.5.